The number of aryl methyl sites for hydroxylation is 1. The average Bonchev–Trinajstić information content (AvgIpc) is 2.46. The minimum atomic E-state index is 0.246. The van der Waals surface area contributed by atoms with Crippen molar-refractivity contribution in [3.8, 4) is 29.2 Å². The molecule has 0 saturated heterocycles. The van der Waals surface area contributed by atoms with Crippen LogP contribution in [0, 0.1) is 26.2 Å². The zero-order chi connectivity index (χ0) is 14.5. The van der Waals surface area contributed by atoms with Gasteiger partial charge in [0, 0.05) is 5.56 Å². The number of rotatable bonds is 4. The fraction of sp³-hybridized carbons (Fsp3) is 0.167. The molecule has 0 bridgehead atoms. The monoisotopic (exact) mass is 264 g/mol. The Balaban J connectivity index is 2.47. The molecule has 0 aliphatic rings. The van der Waals surface area contributed by atoms with E-state index >= 15 is 0 Å². The van der Waals surface area contributed by atoms with Gasteiger partial charge in [-0.2, -0.15) is 0 Å². The van der Waals surface area contributed by atoms with Crippen molar-refractivity contribution in [2.45, 2.75) is 13.8 Å². The van der Waals surface area contributed by atoms with Gasteiger partial charge in [-0.25, -0.2) is 0 Å². The van der Waals surface area contributed by atoms with Gasteiger partial charge in [0.2, 0.25) is 0 Å². The summed E-state index contributed by atoms with van der Waals surface area (Å²) in [4.78, 5) is 11.2. The highest BCUT2D eigenvalue weighted by atomic mass is 16.5. The van der Waals surface area contributed by atoms with Crippen LogP contribution >= 0.6 is 0 Å². The number of aldehydes is 1. The molecule has 2 heteroatoms. The maximum atomic E-state index is 11.2. The van der Waals surface area contributed by atoms with E-state index in [9.17, 15) is 4.79 Å². The number of ether oxygens (including phenoxy) is 1. The fourth-order valence-electron chi connectivity index (χ4n) is 2.24. The van der Waals surface area contributed by atoms with Crippen LogP contribution < -0.4 is 4.74 Å². The van der Waals surface area contributed by atoms with Crippen LogP contribution in [0.1, 0.15) is 21.5 Å². The predicted molar refractivity (Wildman–Crippen MR) is 81.1 cm³/mol. The summed E-state index contributed by atoms with van der Waals surface area (Å²) in [7, 11) is 0. The number of terminal acetylenes is 1. The lowest BCUT2D eigenvalue weighted by molar-refractivity contribution is 0.112. The molecule has 2 rings (SSSR count). The van der Waals surface area contributed by atoms with Crippen LogP contribution in [0.5, 0.6) is 5.75 Å². The highest BCUT2D eigenvalue weighted by molar-refractivity contribution is 5.84. The zero-order valence-corrected chi connectivity index (χ0v) is 11.6. The molecular formula is C18H16O2. The van der Waals surface area contributed by atoms with E-state index in [1.165, 1.54) is 0 Å². The van der Waals surface area contributed by atoms with Crippen LogP contribution in [0.3, 0.4) is 0 Å². The maximum absolute atomic E-state index is 11.2. The van der Waals surface area contributed by atoms with Crippen molar-refractivity contribution in [2.75, 3.05) is 6.61 Å². The van der Waals surface area contributed by atoms with Crippen molar-refractivity contribution in [3.05, 3.63) is 53.1 Å². The summed E-state index contributed by atoms with van der Waals surface area (Å²) in [6.45, 7) is 4.14. The van der Waals surface area contributed by atoms with Crippen molar-refractivity contribution < 1.29 is 9.53 Å². The molecule has 0 saturated carbocycles. The molecule has 2 aromatic rings. The third kappa shape index (κ3) is 2.73. The first-order chi connectivity index (χ1) is 9.67. The second-order valence-corrected chi connectivity index (χ2v) is 4.61. The fourth-order valence-corrected chi connectivity index (χ4v) is 2.24. The average molecular weight is 264 g/mol. The summed E-state index contributed by atoms with van der Waals surface area (Å²) in [5.74, 6) is 3.17. The first-order valence-electron chi connectivity index (χ1n) is 6.39. The minimum absolute atomic E-state index is 0.246. The summed E-state index contributed by atoms with van der Waals surface area (Å²) in [6, 6.07) is 11.7. The molecule has 2 aromatic carbocycles. The predicted octanol–water partition coefficient (Wildman–Crippen LogP) is 3.79. The molecule has 0 atom stereocenters. The summed E-state index contributed by atoms with van der Waals surface area (Å²) >= 11 is 0. The summed E-state index contributed by atoms with van der Waals surface area (Å²) < 4.78 is 5.43. The Kier molecular flexibility index (Phi) is 4.22. The van der Waals surface area contributed by atoms with Crippen LogP contribution in [-0.2, 0) is 0 Å². The normalized spacial score (nSPS) is 9.85. The first kappa shape index (κ1) is 13.9. The molecule has 0 fully saturated rings. The van der Waals surface area contributed by atoms with Gasteiger partial charge < -0.3 is 4.74 Å². The Morgan fingerprint density at radius 3 is 2.75 bits per heavy atom. The molecule has 20 heavy (non-hydrogen) atoms. The lowest BCUT2D eigenvalue weighted by Crippen LogP contribution is -1.96. The van der Waals surface area contributed by atoms with Gasteiger partial charge in [-0.1, -0.05) is 30.2 Å². The van der Waals surface area contributed by atoms with Crippen LogP contribution in [0.4, 0.5) is 0 Å². The van der Waals surface area contributed by atoms with E-state index in [1.807, 2.05) is 50.2 Å². The molecule has 0 aliphatic carbocycles. The van der Waals surface area contributed by atoms with E-state index in [4.69, 9.17) is 11.2 Å². The highest BCUT2D eigenvalue weighted by Gasteiger charge is 2.09. The third-order valence-electron chi connectivity index (χ3n) is 3.32. The Labute approximate surface area is 119 Å². The largest absolute Gasteiger partial charge is 0.481 e. The van der Waals surface area contributed by atoms with Crippen LogP contribution in [0.2, 0.25) is 0 Å². The molecule has 0 heterocycles. The second kappa shape index (κ2) is 6.08. The smallest absolute Gasteiger partial charge is 0.150 e. The van der Waals surface area contributed by atoms with Gasteiger partial charge in [-0.05, 0) is 48.2 Å². The summed E-state index contributed by atoms with van der Waals surface area (Å²) in [6.07, 6.45) is 6.10. The molecule has 100 valence electrons. The maximum Gasteiger partial charge on any atom is 0.150 e. The molecular weight excluding hydrogens is 248 g/mol. The highest BCUT2D eigenvalue weighted by Crippen LogP contribution is 2.29. The molecule has 0 radical (unpaired) electrons. The van der Waals surface area contributed by atoms with E-state index in [1.54, 1.807) is 0 Å². The molecule has 0 unspecified atom stereocenters. The lowest BCUT2D eigenvalue weighted by Gasteiger charge is -2.12. The van der Waals surface area contributed by atoms with E-state index in [0.717, 1.165) is 39.9 Å². The van der Waals surface area contributed by atoms with E-state index in [0.29, 0.717) is 0 Å². The van der Waals surface area contributed by atoms with Crippen molar-refractivity contribution in [1.82, 2.24) is 0 Å². The van der Waals surface area contributed by atoms with Crippen molar-refractivity contribution >= 4 is 6.29 Å². The van der Waals surface area contributed by atoms with Gasteiger partial charge in [0.05, 0.1) is 0 Å². The number of carbonyl (C=O) groups is 1. The number of hydrogen-bond acceptors (Lipinski definition) is 2. The Morgan fingerprint density at radius 2 is 2.05 bits per heavy atom. The topological polar surface area (TPSA) is 26.3 Å². The standard InChI is InChI=1S/C18H16O2/c1-4-10-20-16-7-5-6-15(11-16)17-9-8-13(2)18(12-19)14(17)3/h1,5-9,11-12H,10H2,2-3H3. The van der Waals surface area contributed by atoms with E-state index < -0.39 is 0 Å². The molecule has 0 spiro atoms. The molecule has 0 aliphatic heterocycles. The number of benzene rings is 2. The van der Waals surface area contributed by atoms with Crippen molar-refractivity contribution in [1.29, 1.82) is 0 Å². The van der Waals surface area contributed by atoms with Crippen LogP contribution in [0.25, 0.3) is 11.1 Å². The summed E-state index contributed by atoms with van der Waals surface area (Å²) in [5.41, 5.74) is 4.76. The zero-order valence-electron chi connectivity index (χ0n) is 11.6. The third-order valence-corrected chi connectivity index (χ3v) is 3.32. The SMILES string of the molecule is C#CCOc1cccc(-c2ccc(C)c(C=O)c2C)c1. The quantitative estimate of drug-likeness (QED) is 0.620. The Morgan fingerprint density at radius 1 is 1.25 bits per heavy atom. The molecule has 0 amide bonds. The molecule has 2 nitrogen and oxygen atoms in total. The van der Waals surface area contributed by atoms with Crippen molar-refractivity contribution in [2.24, 2.45) is 0 Å². The van der Waals surface area contributed by atoms with E-state index in [-0.39, 0.29) is 6.61 Å². The van der Waals surface area contributed by atoms with Crippen molar-refractivity contribution in [3.63, 3.8) is 0 Å². The summed E-state index contributed by atoms with van der Waals surface area (Å²) in [5, 5.41) is 0. The van der Waals surface area contributed by atoms with E-state index in [2.05, 4.69) is 5.92 Å². The van der Waals surface area contributed by atoms with Gasteiger partial charge in [0.25, 0.3) is 0 Å². The second-order valence-electron chi connectivity index (χ2n) is 4.61. The van der Waals surface area contributed by atoms with Gasteiger partial charge in [-0.15, -0.1) is 6.42 Å². The van der Waals surface area contributed by atoms with Gasteiger partial charge in [-0.3, -0.25) is 4.79 Å². The molecule has 0 aromatic heterocycles. The van der Waals surface area contributed by atoms with Gasteiger partial charge in [0.1, 0.15) is 12.4 Å². The lowest BCUT2D eigenvalue weighted by atomic mass is 9.94. The van der Waals surface area contributed by atoms with Gasteiger partial charge >= 0.3 is 0 Å². The Bertz CT molecular complexity index is 678. The number of hydrogen-bond donors (Lipinski definition) is 0. The first-order valence-corrected chi connectivity index (χ1v) is 6.39. The van der Waals surface area contributed by atoms with Gasteiger partial charge in [0.15, 0.2) is 6.29 Å². The molecule has 0 N–H and O–H groups in total. The number of carbonyl (C=O) groups excluding carboxylic acids is 1. The van der Waals surface area contributed by atoms with Crippen LogP contribution in [-0.4, -0.2) is 12.9 Å². The minimum Gasteiger partial charge on any atom is -0.481 e. The Hall–Kier alpha value is -2.53. The van der Waals surface area contributed by atoms with Crippen LogP contribution in [0.15, 0.2) is 36.4 Å².